The van der Waals surface area contributed by atoms with Crippen molar-refractivity contribution < 1.29 is 0 Å². The lowest BCUT2D eigenvalue weighted by atomic mass is 9.64. The predicted octanol–water partition coefficient (Wildman–Crippen LogP) is 16.4. The van der Waals surface area contributed by atoms with E-state index in [0.29, 0.717) is 0 Å². The zero-order valence-corrected chi connectivity index (χ0v) is 35.8. The third-order valence-corrected chi connectivity index (χ3v) is 14.4. The molecule has 0 N–H and O–H groups in total. The third kappa shape index (κ3) is 5.08. The Hall–Kier alpha value is -7.94. The second-order valence-electron chi connectivity index (χ2n) is 18.1. The van der Waals surface area contributed by atoms with E-state index in [1.165, 1.54) is 88.9 Å². The molecule has 1 atom stereocenters. The van der Waals surface area contributed by atoms with Crippen LogP contribution in [-0.2, 0) is 10.8 Å². The van der Waals surface area contributed by atoms with Crippen LogP contribution in [0.3, 0.4) is 0 Å². The Morgan fingerprint density at radius 2 is 0.906 bits per heavy atom. The average molecular weight is 817 g/mol. The maximum atomic E-state index is 2.52. The highest BCUT2D eigenvalue weighted by molar-refractivity contribution is 6.05. The molecule has 0 fully saturated rings. The number of para-hydroxylation sites is 2. The first-order valence-corrected chi connectivity index (χ1v) is 22.4. The molecule has 13 rings (SSSR count). The van der Waals surface area contributed by atoms with Crippen molar-refractivity contribution in [1.29, 1.82) is 0 Å². The molecule has 64 heavy (non-hydrogen) atoms. The summed E-state index contributed by atoms with van der Waals surface area (Å²) in [5.74, 6) is 0. The molecule has 0 spiro atoms. The van der Waals surface area contributed by atoms with Gasteiger partial charge in [0.2, 0.25) is 0 Å². The summed E-state index contributed by atoms with van der Waals surface area (Å²) in [5.41, 5.74) is 21.6. The molecule has 10 aromatic carbocycles. The van der Waals surface area contributed by atoms with Crippen LogP contribution in [0.2, 0.25) is 0 Å². The average Bonchev–Trinajstić information content (AvgIpc) is 3.78. The Balaban J connectivity index is 1.11. The molecule has 0 saturated heterocycles. The summed E-state index contributed by atoms with van der Waals surface area (Å²) >= 11 is 0. The molecule has 3 aliphatic rings. The number of nitrogens with zero attached hydrogens (tertiary/aromatic N) is 2. The fourth-order valence-electron chi connectivity index (χ4n) is 11.6. The van der Waals surface area contributed by atoms with Crippen LogP contribution in [0.1, 0.15) is 47.2 Å². The van der Waals surface area contributed by atoms with Crippen LogP contribution in [0.5, 0.6) is 0 Å². The fourth-order valence-corrected chi connectivity index (χ4v) is 11.6. The van der Waals surface area contributed by atoms with Gasteiger partial charge in [-0.3, -0.25) is 0 Å². The van der Waals surface area contributed by atoms with Gasteiger partial charge >= 0.3 is 0 Å². The number of hydrogen-bond acceptors (Lipinski definition) is 2. The zero-order valence-electron chi connectivity index (χ0n) is 35.8. The first kappa shape index (κ1) is 36.7. The minimum absolute atomic E-state index is 0.142. The zero-order chi connectivity index (χ0) is 42.6. The summed E-state index contributed by atoms with van der Waals surface area (Å²) in [6.45, 7) is 4.75. The topological polar surface area (TPSA) is 6.48 Å². The maximum Gasteiger partial charge on any atom is 0.0755 e. The van der Waals surface area contributed by atoms with E-state index in [2.05, 4.69) is 254 Å². The summed E-state index contributed by atoms with van der Waals surface area (Å²) in [6, 6.07) is 86.0. The van der Waals surface area contributed by atoms with Crippen LogP contribution in [0.25, 0.3) is 44.2 Å². The van der Waals surface area contributed by atoms with E-state index in [1.54, 1.807) is 0 Å². The van der Waals surface area contributed by atoms with E-state index >= 15 is 0 Å². The van der Waals surface area contributed by atoms with Crippen LogP contribution < -0.4 is 9.80 Å². The first-order valence-electron chi connectivity index (χ1n) is 22.4. The van der Waals surface area contributed by atoms with Gasteiger partial charge in [-0.1, -0.05) is 190 Å². The van der Waals surface area contributed by atoms with Crippen molar-refractivity contribution in [2.24, 2.45) is 0 Å². The number of fused-ring (bicyclic) bond motifs is 9. The van der Waals surface area contributed by atoms with Crippen molar-refractivity contribution in [3.05, 3.63) is 264 Å². The molecule has 2 aliphatic carbocycles. The first-order chi connectivity index (χ1) is 31.5. The molecule has 2 nitrogen and oxygen atoms in total. The van der Waals surface area contributed by atoms with E-state index < -0.39 is 5.41 Å². The van der Waals surface area contributed by atoms with E-state index in [0.717, 1.165) is 22.7 Å². The smallest absolute Gasteiger partial charge is 0.0755 e. The van der Waals surface area contributed by atoms with Gasteiger partial charge in [0.1, 0.15) is 0 Å². The lowest BCUT2D eigenvalue weighted by molar-refractivity contribution is 0.660. The van der Waals surface area contributed by atoms with Gasteiger partial charge in [0.15, 0.2) is 0 Å². The number of benzene rings is 10. The Labute approximate surface area is 375 Å². The van der Waals surface area contributed by atoms with Crippen LogP contribution >= 0.6 is 0 Å². The van der Waals surface area contributed by atoms with E-state index in [9.17, 15) is 0 Å². The predicted molar refractivity (Wildman–Crippen MR) is 267 cm³/mol. The second-order valence-corrected chi connectivity index (χ2v) is 18.1. The normalized spacial score (nSPS) is 15.8. The highest BCUT2D eigenvalue weighted by Gasteiger charge is 2.53. The van der Waals surface area contributed by atoms with E-state index in [4.69, 9.17) is 0 Å². The van der Waals surface area contributed by atoms with Crippen molar-refractivity contribution >= 4 is 44.9 Å². The van der Waals surface area contributed by atoms with Crippen molar-refractivity contribution in [3.63, 3.8) is 0 Å². The Morgan fingerprint density at radius 1 is 0.375 bits per heavy atom. The van der Waals surface area contributed by atoms with Gasteiger partial charge in [-0.05, 0) is 121 Å². The van der Waals surface area contributed by atoms with Crippen molar-refractivity contribution in [2.75, 3.05) is 9.80 Å². The summed E-state index contributed by atoms with van der Waals surface area (Å²) < 4.78 is 0. The van der Waals surface area contributed by atoms with Crippen LogP contribution in [0.4, 0.5) is 34.1 Å². The highest BCUT2D eigenvalue weighted by atomic mass is 15.2. The largest absolute Gasteiger partial charge is 0.310 e. The van der Waals surface area contributed by atoms with Crippen LogP contribution in [-0.4, -0.2) is 0 Å². The molecule has 1 aliphatic heterocycles. The Morgan fingerprint density at radius 3 is 1.67 bits per heavy atom. The van der Waals surface area contributed by atoms with Gasteiger partial charge in [0.05, 0.1) is 16.8 Å². The molecule has 0 saturated carbocycles. The maximum absolute atomic E-state index is 2.52. The van der Waals surface area contributed by atoms with Crippen LogP contribution in [0.15, 0.2) is 231 Å². The fraction of sp³-hybridized carbons (Fsp3) is 0.0645. The number of hydrogen-bond donors (Lipinski definition) is 0. The van der Waals surface area contributed by atoms with Gasteiger partial charge in [-0.2, -0.15) is 0 Å². The molecular weight excluding hydrogens is 773 g/mol. The molecule has 0 amide bonds. The van der Waals surface area contributed by atoms with E-state index in [-0.39, 0.29) is 5.41 Å². The highest BCUT2D eigenvalue weighted by Crippen LogP contribution is 2.67. The molecular formula is C62H44N2. The lowest BCUT2D eigenvalue weighted by Crippen LogP contribution is -2.36. The summed E-state index contributed by atoms with van der Waals surface area (Å²) in [4.78, 5) is 5.02. The monoisotopic (exact) mass is 816 g/mol. The van der Waals surface area contributed by atoms with Crippen molar-refractivity contribution in [2.45, 2.75) is 24.7 Å². The standard InChI is InChI=1S/C62H44N2/c1-61(2)54-27-15-14-26-50(54)51-34-32-47(39-56(51)61)63(46-31-30-41-18-12-13-21-43(41)38-46)48-33-35-52-53-37-36-49(42-19-6-3-7-20-42)60-59(53)62(57(52)40-48,44-22-8-4-9-23-44)55-28-16-17-29-58(55)64(60)45-24-10-5-11-25-45/h3-40H,1-2H3. The van der Waals surface area contributed by atoms with E-state index in [1.807, 2.05) is 0 Å². The van der Waals surface area contributed by atoms with Gasteiger partial charge in [-0.25, -0.2) is 0 Å². The molecule has 302 valence electrons. The van der Waals surface area contributed by atoms with Crippen molar-refractivity contribution in [3.8, 4) is 33.4 Å². The quantitative estimate of drug-likeness (QED) is 0.165. The van der Waals surface area contributed by atoms with Gasteiger partial charge in [0.25, 0.3) is 0 Å². The molecule has 0 radical (unpaired) electrons. The van der Waals surface area contributed by atoms with Crippen molar-refractivity contribution in [1.82, 2.24) is 0 Å². The molecule has 10 aromatic rings. The second kappa shape index (κ2) is 13.8. The van der Waals surface area contributed by atoms with Gasteiger partial charge in [0, 0.05) is 39.3 Å². The summed E-state index contributed by atoms with van der Waals surface area (Å²) in [7, 11) is 0. The molecule has 1 unspecified atom stereocenters. The minimum atomic E-state index is -0.624. The summed E-state index contributed by atoms with van der Waals surface area (Å²) in [5, 5.41) is 2.45. The van der Waals surface area contributed by atoms with Crippen LogP contribution in [0, 0.1) is 0 Å². The minimum Gasteiger partial charge on any atom is -0.310 e. The number of anilines is 6. The Kier molecular flexibility index (Phi) is 7.90. The lowest BCUT2D eigenvalue weighted by Gasteiger charge is -2.45. The molecule has 2 heteroatoms. The SMILES string of the molecule is CC1(C)c2ccccc2-c2ccc(N(c3ccc4c(c3)C3(c5ccccc5)c5ccccc5N(c5ccccc5)c5c(-c6ccccc6)ccc-4c53)c3ccc4ccccc4c3)cc21. The summed E-state index contributed by atoms with van der Waals surface area (Å²) in [6.07, 6.45) is 0. The Bertz CT molecular complexity index is 3480. The van der Waals surface area contributed by atoms with Gasteiger partial charge < -0.3 is 9.80 Å². The third-order valence-electron chi connectivity index (χ3n) is 14.4. The molecule has 0 bridgehead atoms. The number of rotatable bonds is 6. The van der Waals surface area contributed by atoms with Gasteiger partial charge in [-0.15, -0.1) is 0 Å². The molecule has 1 heterocycles. The molecule has 0 aromatic heterocycles.